The SMILES string of the molecule is CN(CC(=O)NN)Cc1cccnc1. The van der Waals surface area contributed by atoms with Gasteiger partial charge in [0.25, 0.3) is 0 Å². The van der Waals surface area contributed by atoms with E-state index in [9.17, 15) is 4.79 Å². The van der Waals surface area contributed by atoms with Crippen molar-refractivity contribution in [2.24, 2.45) is 5.84 Å². The normalized spacial score (nSPS) is 10.2. The van der Waals surface area contributed by atoms with E-state index in [4.69, 9.17) is 5.84 Å². The molecule has 1 rings (SSSR count). The molecule has 1 heterocycles. The Kier molecular flexibility index (Phi) is 4.03. The fourth-order valence-electron chi connectivity index (χ4n) is 1.15. The lowest BCUT2D eigenvalue weighted by Crippen LogP contribution is -2.38. The summed E-state index contributed by atoms with van der Waals surface area (Å²) in [6.45, 7) is 0.965. The van der Waals surface area contributed by atoms with E-state index in [0.29, 0.717) is 6.54 Å². The first-order valence-electron chi connectivity index (χ1n) is 4.29. The zero-order valence-corrected chi connectivity index (χ0v) is 8.10. The summed E-state index contributed by atoms with van der Waals surface area (Å²) in [5.74, 6) is 4.78. The van der Waals surface area contributed by atoms with Gasteiger partial charge >= 0.3 is 0 Å². The summed E-state index contributed by atoms with van der Waals surface area (Å²) in [5, 5.41) is 0. The summed E-state index contributed by atoms with van der Waals surface area (Å²) in [6, 6.07) is 3.83. The molecule has 1 aromatic rings. The summed E-state index contributed by atoms with van der Waals surface area (Å²) >= 11 is 0. The van der Waals surface area contributed by atoms with Gasteiger partial charge in [-0.1, -0.05) is 6.07 Å². The van der Waals surface area contributed by atoms with E-state index in [1.807, 2.05) is 24.1 Å². The zero-order valence-electron chi connectivity index (χ0n) is 8.10. The van der Waals surface area contributed by atoms with Crippen LogP contribution in [-0.4, -0.2) is 29.4 Å². The summed E-state index contributed by atoms with van der Waals surface area (Å²) in [5.41, 5.74) is 3.15. The van der Waals surface area contributed by atoms with Gasteiger partial charge in [0.05, 0.1) is 6.54 Å². The third-order valence-electron chi connectivity index (χ3n) is 1.75. The average Bonchev–Trinajstić information content (AvgIpc) is 2.19. The Balaban J connectivity index is 2.41. The van der Waals surface area contributed by atoms with Crippen molar-refractivity contribution in [3.8, 4) is 0 Å². The molecule has 0 aliphatic carbocycles. The van der Waals surface area contributed by atoms with Crippen molar-refractivity contribution in [1.82, 2.24) is 15.3 Å². The van der Waals surface area contributed by atoms with E-state index in [2.05, 4.69) is 10.4 Å². The number of nitrogens with zero attached hydrogens (tertiary/aromatic N) is 2. The predicted molar refractivity (Wildman–Crippen MR) is 52.9 cm³/mol. The molecule has 0 saturated heterocycles. The van der Waals surface area contributed by atoms with Crippen molar-refractivity contribution >= 4 is 5.91 Å². The first kappa shape index (κ1) is 10.6. The van der Waals surface area contributed by atoms with Crippen LogP contribution in [0.15, 0.2) is 24.5 Å². The maximum Gasteiger partial charge on any atom is 0.248 e. The monoisotopic (exact) mass is 194 g/mol. The van der Waals surface area contributed by atoms with Gasteiger partial charge in [-0.15, -0.1) is 0 Å². The van der Waals surface area contributed by atoms with Gasteiger partial charge in [-0.3, -0.25) is 20.1 Å². The third-order valence-corrected chi connectivity index (χ3v) is 1.75. The Labute approximate surface area is 82.9 Å². The highest BCUT2D eigenvalue weighted by Gasteiger charge is 2.04. The molecule has 0 aromatic carbocycles. The summed E-state index contributed by atoms with van der Waals surface area (Å²) in [4.78, 5) is 16.8. The summed E-state index contributed by atoms with van der Waals surface area (Å²) in [7, 11) is 1.85. The molecule has 76 valence electrons. The van der Waals surface area contributed by atoms with Crippen LogP contribution in [0.4, 0.5) is 0 Å². The van der Waals surface area contributed by atoms with Crippen LogP contribution >= 0.6 is 0 Å². The van der Waals surface area contributed by atoms with Gasteiger partial charge < -0.3 is 0 Å². The van der Waals surface area contributed by atoms with Gasteiger partial charge in [-0.2, -0.15) is 0 Å². The highest BCUT2D eigenvalue weighted by atomic mass is 16.2. The second-order valence-corrected chi connectivity index (χ2v) is 3.10. The Morgan fingerprint density at radius 2 is 2.50 bits per heavy atom. The van der Waals surface area contributed by atoms with Gasteiger partial charge in [-0.05, 0) is 18.7 Å². The van der Waals surface area contributed by atoms with Gasteiger partial charge in [-0.25, -0.2) is 5.84 Å². The minimum Gasteiger partial charge on any atom is -0.293 e. The molecular formula is C9H14N4O. The molecule has 0 aliphatic rings. The second-order valence-electron chi connectivity index (χ2n) is 3.10. The fourth-order valence-corrected chi connectivity index (χ4v) is 1.15. The number of likely N-dealkylation sites (N-methyl/N-ethyl adjacent to an activating group) is 1. The molecule has 0 fully saturated rings. The number of carbonyl (C=O) groups is 1. The number of rotatable bonds is 4. The molecule has 3 N–H and O–H groups in total. The number of carbonyl (C=O) groups excluding carboxylic acids is 1. The van der Waals surface area contributed by atoms with E-state index in [1.54, 1.807) is 12.4 Å². The maximum absolute atomic E-state index is 10.9. The van der Waals surface area contributed by atoms with Crippen molar-refractivity contribution in [3.05, 3.63) is 30.1 Å². The van der Waals surface area contributed by atoms with Gasteiger partial charge in [0, 0.05) is 18.9 Å². The highest BCUT2D eigenvalue weighted by Crippen LogP contribution is 1.99. The van der Waals surface area contributed by atoms with Crippen LogP contribution in [0, 0.1) is 0 Å². The molecule has 0 bridgehead atoms. The van der Waals surface area contributed by atoms with Gasteiger partial charge in [0.1, 0.15) is 0 Å². The maximum atomic E-state index is 10.9. The van der Waals surface area contributed by atoms with Gasteiger partial charge in [0.15, 0.2) is 0 Å². The molecule has 14 heavy (non-hydrogen) atoms. The van der Waals surface area contributed by atoms with E-state index >= 15 is 0 Å². The fraction of sp³-hybridized carbons (Fsp3) is 0.333. The smallest absolute Gasteiger partial charge is 0.248 e. The summed E-state index contributed by atoms with van der Waals surface area (Å²) in [6.07, 6.45) is 3.49. The van der Waals surface area contributed by atoms with Crippen molar-refractivity contribution in [2.75, 3.05) is 13.6 Å². The van der Waals surface area contributed by atoms with E-state index < -0.39 is 0 Å². The number of hydrazine groups is 1. The van der Waals surface area contributed by atoms with Crippen LogP contribution in [-0.2, 0) is 11.3 Å². The summed E-state index contributed by atoms with van der Waals surface area (Å²) < 4.78 is 0. The van der Waals surface area contributed by atoms with Crippen molar-refractivity contribution in [2.45, 2.75) is 6.54 Å². The van der Waals surface area contributed by atoms with Crippen LogP contribution in [0.2, 0.25) is 0 Å². The van der Waals surface area contributed by atoms with Crippen LogP contribution < -0.4 is 11.3 Å². The largest absolute Gasteiger partial charge is 0.293 e. The Morgan fingerprint density at radius 1 is 1.71 bits per heavy atom. The molecule has 0 atom stereocenters. The molecule has 0 saturated carbocycles. The number of nitrogens with one attached hydrogen (secondary N) is 1. The quantitative estimate of drug-likeness (QED) is 0.385. The number of hydrogen-bond acceptors (Lipinski definition) is 4. The Morgan fingerprint density at radius 3 is 3.07 bits per heavy atom. The van der Waals surface area contributed by atoms with Crippen LogP contribution in [0.25, 0.3) is 0 Å². The van der Waals surface area contributed by atoms with E-state index in [0.717, 1.165) is 5.56 Å². The van der Waals surface area contributed by atoms with Crippen molar-refractivity contribution in [3.63, 3.8) is 0 Å². The Bertz CT molecular complexity index is 288. The molecule has 0 aliphatic heterocycles. The molecule has 1 aromatic heterocycles. The van der Waals surface area contributed by atoms with Crippen LogP contribution in [0.5, 0.6) is 0 Å². The molecule has 5 heteroatoms. The number of aromatic nitrogens is 1. The molecule has 0 unspecified atom stereocenters. The lowest BCUT2D eigenvalue weighted by atomic mass is 10.3. The molecule has 5 nitrogen and oxygen atoms in total. The van der Waals surface area contributed by atoms with Crippen LogP contribution in [0.1, 0.15) is 5.56 Å². The zero-order chi connectivity index (χ0) is 10.4. The number of hydrogen-bond donors (Lipinski definition) is 2. The number of nitrogens with two attached hydrogens (primary N) is 1. The first-order chi connectivity index (χ1) is 6.72. The van der Waals surface area contributed by atoms with E-state index in [1.165, 1.54) is 0 Å². The lowest BCUT2D eigenvalue weighted by molar-refractivity contribution is -0.122. The second kappa shape index (κ2) is 5.31. The number of pyridine rings is 1. The minimum absolute atomic E-state index is 0.198. The van der Waals surface area contributed by atoms with Crippen molar-refractivity contribution in [1.29, 1.82) is 0 Å². The molecule has 0 radical (unpaired) electrons. The lowest BCUT2D eigenvalue weighted by Gasteiger charge is -2.14. The van der Waals surface area contributed by atoms with E-state index in [-0.39, 0.29) is 12.5 Å². The molecule has 0 spiro atoms. The average molecular weight is 194 g/mol. The number of amides is 1. The first-order valence-corrected chi connectivity index (χ1v) is 4.29. The molecular weight excluding hydrogens is 180 g/mol. The topological polar surface area (TPSA) is 71.2 Å². The predicted octanol–water partition coefficient (Wildman–Crippen LogP) is -0.497. The standard InChI is InChI=1S/C9H14N4O/c1-13(7-9(14)12-10)6-8-3-2-4-11-5-8/h2-5H,6-7,10H2,1H3,(H,12,14). The van der Waals surface area contributed by atoms with Gasteiger partial charge in [0.2, 0.25) is 5.91 Å². The van der Waals surface area contributed by atoms with Crippen molar-refractivity contribution < 1.29 is 4.79 Å². The third kappa shape index (κ3) is 3.51. The minimum atomic E-state index is -0.198. The molecule has 1 amide bonds. The highest BCUT2D eigenvalue weighted by molar-refractivity contribution is 5.77. The Hall–Kier alpha value is -1.46. The van der Waals surface area contributed by atoms with Crippen LogP contribution in [0.3, 0.4) is 0 Å².